The molecule has 146 valence electrons. The average Bonchev–Trinajstić information content (AvgIpc) is 3.03. The summed E-state index contributed by atoms with van der Waals surface area (Å²) < 4.78 is 21.5. The molecule has 0 saturated carbocycles. The fourth-order valence-electron chi connectivity index (χ4n) is 2.96. The lowest BCUT2D eigenvalue weighted by Crippen LogP contribution is -2.16. The first-order valence-corrected chi connectivity index (χ1v) is 9.02. The predicted molar refractivity (Wildman–Crippen MR) is 103 cm³/mol. The van der Waals surface area contributed by atoms with Gasteiger partial charge in [0.2, 0.25) is 5.76 Å². The number of fused-ring (bicyclic) bond motifs is 1. The highest BCUT2D eigenvalue weighted by Gasteiger charge is 2.22. The van der Waals surface area contributed by atoms with E-state index in [0.717, 1.165) is 11.1 Å². The standard InChI is InChI=1S/C22H22O6/c1-4-25-22(24)21-18(17-7-5-6-8-19(17)28-21)12-27-20(23)13-26-16-10-14(2)9-15(3)11-16/h5-11H,4,12-13H2,1-3H3. The van der Waals surface area contributed by atoms with Gasteiger partial charge < -0.3 is 18.6 Å². The third-order valence-corrected chi connectivity index (χ3v) is 4.09. The Morgan fingerprint density at radius 1 is 1.00 bits per heavy atom. The maximum absolute atomic E-state index is 12.2. The van der Waals surface area contributed by atoms with Gasteiger partial charge in [0, 0.05) is 5.39 Å². The van der Waals surface area contributed by atoms with Crippen LogP contribution in [-0.4, -0.2) is 25.2 Å². The van der Waals surface area contributed by atoms with Gasteiger partial charge in [-0.05, 0) is 50.1 Å². The molecular formula is C22H22O6. The van der Waals surface area contributed by atoms with Crippen LogP contribution < -0.4 is 4.74 Å². The maximum Gasteiger partial charge on any atom is 0.374 e. The van der Waals surface area contributed by atoms with Gasteiger partial charge in [-0.25, -0.2) is 9.59 Å². The first-order chi connectivity index (χ1) is 13.5. The summed E-state index contributed by atoms with van der Waals surface area (Å²) in [4.78, 5) is 24.3. The van der Waals surface area contributed by atoms with Crippen molar-refractivity contribution >= 4 is 22.9 Å². The number of carbonyl (C=O) groups is 2. The second-order valence-corrected chi connectivity index (χ2v) is 6.40. The molecule has 0 N–H and O–H groups in total. The number of hydrogen-bond acceptors (Lipinski definition) is 6. The van der Waals surface area contributed by atoms with Gasteiger partial charge in [-0.15, -0.1) is 0 Å². The van der Waals surface area contributed by atoms with E-state index in [0.29, 0.717) is 22.3 Å². The van der Waals surface area contributed by atoms with Crippen LogP contribution in [-0.2, 0) is 20.9 Å². The number of furan rings is 1. The van der Waals surface area contributed by atoms with Crippen molar-refractivity contribution in [3.63, 3.8) is 0 Å². The highest BCUT2D eigenvalue weighted by molar-refractivity contribution is 5.96. The molecule has 0 fully saturated rings. The molecule has 0 unspecified atom stereocenters. The molecule has 28 heavy (non-hydrogen) atoms. The van der Waals surface area contributed by atoms with Crippen LogP contribution in [0.15, 0.2) is 46.9 Å². The molecule has 0 aliphatic rings. The highest BCUT2D eigenvalue weighted by atomic mass is 16.6. The zero-order valence-corrected chi connectivity index (χ0v) is 16.1. The Morgan fingerprint density at radius 2 is 1.71 bits per heavy atom. The Kier molecular flexibility index (Phi) is 5.99. The minimum absolute atomic E-state index is 0.0473. The van der Waals surface area contributed by atoms with Gasteiger partial charge in [-0.2, -0.15) is 0 Å². The predicted octanol–water partition coefficient (Wildman–Crippen LogP) is 4.35. The summed E-state index contributed by atoms with van der Waals surface area (Å²) in [5.41, 5.74) is 3.11. The molecule has 0 saturated heterocycles. The second-order valence-electron chi connectivity index (χ2n) is 6.40. The second kappa shape index (κ2) is 8.61. The van der Waals surface area contributed by atoms with E-state index in [-0.39, 0.29) is 25.6 Å². The molecule has 2 aromatic carbocycles. The molecule has 1 heterocycles. The Hall–Kier alpha value is -3.28. The normalized spacial score (nSPS) is 10.7. The van der Waals surface area contributed by atoms with Crippen molar-refractivity contribution in [3.05, 3.63) is 64.9 Å². The van der Waals surface area contributed by atoms with Crippen LogP contribution in [0.25, 0.3) is 11.0 Å². The van der Waals surface area contributed by atoms with Crippen LogP contribution in [0.5, 0.6) is 5.75 Å². The van der Waals surface area contributed by atoms with Crippen LogP contribution in [0.4, 0.5) is 0 Å². The third kappa shape index (κ3) is 4.52. The summed E-state index contributed by atoms with van der Waals surface area (Å²) in [6, 6.07) is 12.9. The molecule has 6 nitrogen and oxygen atoms in total. The van der Waals surface area contributed by atoms with E-state index in [1.54, 1.807) is 25.1 Å². The van der Waals surface area contributed by atoms with Crippen molar-refractivity contribution in [2.24, 2.45) is 0 Å². The minimum atomic E-state index is -0.587. The SMILES string of the molecule is CCOC(=O)c1oc2ccccc2c1COC(=O)COc1cc(C)cc(C)c1. The van der Waals surface area contributed by atoms with Gasteiger partial charge in [-0.3, -0.25) is 0 Å². The molecule has 3 aromatic rings. The Balaban J connectivity index is 1.69. The van der Waals surface area contributed by atoms with E-state index in [1.807, 2.05) is 38.1 Å². The third-order valence-electron chi connectivity index (χ3n) is 4.09. The quantitative estimate of drug-likeness (QED) is 0.566. The summed E-state index contributed by atoms with van der Waals surface area (Å²) in [6.45, 7) is 5.51. The number of rotatable bonds is 7. The van der Waals surface area contributed by atoms with Crippen molar-refractivity contribution in [2.75, 3.05) is 13.2 Å². The van der Waals surface area contributed by atoms with Gasteiger partial charge in [-0.1, -0.05) is 24.3 Å². The molecule has 0 bridgehead atoms. The summed E-state index contributed by atoms with van der Waals surface area (Å²) >= 11 is 0. The number of carbonyl (C=O) groups excluding carboxylic acids is 2. The van der Waals surface area contributed by atoms with Crippen molar-refractivity contribution in [3.8, 4) is 5.75 Å². The van der Waals surface area contributed by atoms with Gasteiger partial charge in [0.15, 0.2) is 6.61 Å². The number of ether oxygens (including phenoxy) is 3. The minimum Gasteiger partial charge on any atom is -0.482 e. The van der Waals surface area contributed by atoms with Crippen LogP contribution in [0.1, 0.15) is 34.2 Å². The number of hydrogen-bond donors (Lipinski definition) is 0. The summed E-state index contributed by atoms with van der Waals surface area (Å²) in [5, 5.41) is 0.702. The zero-order valence-electron chi connectivity index (χ0n) is 16.1. The van der Waals surface area contributed by atoms with E-state index < -0.39 is 11.9 Å². The molecule has 1 aromatic heterocycles. The van der Waals surface area contributed by atoms with E-state index in [1.165, 1.54) is 0 Å². The van der Waals surface area contributed by atoms with Gasteiger partial charge in [0.25, 0.3) is 0 Å². The van der Waals surface area contributed by atoms with Crippen LogP contribution in [0.3, 0.4) is 0 Å². The van der Waals surface area contributed by atoms with Gasteiger partial charge in [0.1, 0.15) is 17.9 Å². The maximum atomic E-state index is 12.2. The molecule has 0 atom stereocenters. The van der Waals surface area contributed by atoms with Crippen molar-refractivity contribution in [2.45, 2.75) is 27.4 Å². The molecule has 3 rings (SSSR count). The van der Waals surface area contributed by atoms with Crippen molar-refractivity contribution in [1.29, 1.82) is 0 Å². The highest BCUT2D eigenvalue weighted by Crippen LogP contribution is 2.27. The number of aryl methyl sites for hydroxylation is 2. The van der Waals surface area contributed by atoms with E-state index in [2.05, 4.69) is 0 Å². The molecule has 0 amide bonds. The first-order valence-electron chi connectivity index (χ1n) is 9.02. The molecule has 0 aliphatic carbocycles. The summed E-state index contributed by atoms with van der Waals surface area (Å²) in [7, 11) is 0. The van der Waals surface area contributed by atoms with Crippen LogP contribution >= 0.6 is 0 Å². The van der Waals surface area contributed by atoms with Gasteiger partial charge >= 0.3 is 11.9 Å². The molecule has 0 spiro atoms. The van der Waals surface area contributed by atoms with Crippen molar-refractivity contribution in [1.82, 2.24) is 0 Å². The molecule has 0 radical (unpaired) electrons. The summed E-state index contributed by atoms with van der Waals surface area (Å²) in [6.07, 6.45) is 0. The largest absolute Gasteiger partial charge is 0.482 e. The Morgan fingerprint density at radius 3 is 2.43 bits per heavy atom. The first kappa shape index (κ1) is 19.5. The van der Waals surface area contributed by atoms with E-state index in [4.69, 9.17) is 18.6 Å². The smallest absolute Gasteiger partial charge is 0.374 e. The fraction of sp³-hybridized carbons (Fsp3) is 0.273. The lowest BCUT2D eigenvalue weighted by atomic mass is 10.1. The fourth-order valence-corrected chi connectivity index (χ4v) is 2.96. The Bertz CT molecular complexity index is 981. The van der Waals surface area contributed by atoms with E-state index >= 15 is 0 Å². The van der Waals surface area contributed by atoms with Gasteiger partial charge in [0.05, 0.1) is 12.2 Å². The zero-order chi connectivity index (χ0) is 20.1. The number of esters is 2. The van der Waals surface area contributed by atoms with Crippen molar-refractivity contribution < 1.29 is 28.2 Å². The average molecular weight is 382 g/mol. The van der Waals surface area contributed by atoms with Crippen LogP contribution in [0, 0.1) is 13.8 Å². The monoisotopic (exact) mass is 382 g/mol. The lowest BCUT2D eigenvalue weighted by Gasteiger charge is -2.09. The van der Waals surface area contributed by atoms with E-state index in [9.17, 15) is 9.59 Å². The molecular weight excluding hydrogens is 360 g/mol. The molecule has 6 heteroatoms. The number of benzene rings is 2. The molecule has 0 aliphatic heterocycles. The number of para-hydroxylation sites is 1. The lowest BCUT2D eigenvalue weighted by molar-refractivity contribution is -0.147. The van der Waals surface area contributed by atoms with Crippen LogP contribution in [0.2, 0.25) is 0 Å². The topological polar surface area (TPSA) is 75.0 Å². The summed E-state index contributed by atoms with van der Waals surface area (Å²) in [5.74, 6) is -0.475. The Labute approximate surface area is 163 Å².